The first-order chi connectivity index (χ1) is 7.08. The molecule has 1 aliphatic heterocycles. The third-order valence-corrected chi connectivity index (χ3v) is 2.43. The van der Waals surface area contributed by atoms with Crippen LogP contribution in [0, 0.1) is 0 Å². The maximum absolute atomic E-state index is 11.8. The summed E-state index contributed by atoms with van der Waals surface area (Å²) in [5.41, 5.74) is 5.04. The average molecular weight is 216 g/mol. The van der Waals surface area contributed by atoms with Crippen LogP contribution in [0.15, 0.2) is 0 Å². The van der Waals surface area contributed by atoms with Gasteiger partial charge in [0.1, 0.15) is 6.61 Å². The zero-order chi connectivity index (χ0) is 11.3. The van der Waals surface area contributed by atoms with E-state index in [4.69, 9.17) is 15.2 Å². The highest BCUT2D eigenvalue weighted by Crippen LogP contribution is 2.18. The first-order valence-electron chi connectivity index (χ1n) is 5.24. The number of hydrogen-bond donors (Lipinski definition) is 1. The highest BCUT2D eigenvalue weighted by Gasteiger charge is 2.33. The second-order valence-electron chi connectivity index (χ2n) is 4.25. The van der Waals surface area contributed by atoms with Crippen LogP contribution in [0.1, 0.15) is 13.8 Å². The summed E-state index contributed by atoms with van der Waals surface area (Å²) < 4.78 is 10.5. The SMILES string of the molecule is CC1(C)COCCN1C(=O)COCCN. The summed E-state index contributed by atoms with van der Waals surface area (Å²) in [4.78, 5) is 13.6. The van der Waals surface area contributed by atoms with Gasteiger partial charge in [-0.3, -0.25) is 4.79 Å². The summed E-state index contributed by atoms with van der Waals surface area (Å²) >= 11 is 0. The van der Waals surface area contributed by atoms with E-state index < -0.39 is 0 Å². The predicted octanol–water partition coefficient (Wildman–Crippen LogP) is -0.401. The fourth-order valence-electron chi connectivity index (χ4n) is 1.64. The molecule has 0 aromatic carbocycles. The van der Waals surface area contributed by atoms with Crippen molar-refractivity contribution in [2.24, 2.45) is 5.73 Å². The van der Waals surface area contributed by atoms with Gasteiger partial charge < -0.3 is 20.1 Å². The molecule has 15 heavy (non-hydrogen) atoms. The lowest BCUT2D eigenvalue weighted by molar-refractivity contribution is -0.151. The molecule has 1 amide bonds. The standard InChI is InChI=1S/C10H20N2O3/c1-10(2)8-15-6-4-12(10)9(13)7-14-5-3-11/h3-8,11H2,1-2H3. The van der Waals surface area contributed by atoms with Gasteiger partial charge in [0.25, 0.3) is 0 Å². The Morgan fingerprint density at radius 1 is 1.60 bits per heavy atom. The maximum Gasteiger partial charge on any atom is 0.249 e. The summed E-state index contributed by atoms with van der Waals surface area (Å²) in [6.07, 6.45) is 0. The molecule has 0 atom stereocenters. The quantitative estimate of drug-likeness (QED) is 0.649. The van der Waals surface area contributed by atoms with E-state index in [9.17, 15) is 4.79 Å². The van der Waals surface area contributed by atoms with Gasteiger partial charge in [0.15, 0.2) is 0 Å². The van der Waals surface area contributed by atoms with Crippen molar-refractivity contribution in [3.8, 4) is 0 Å². The zero-order valence-electron chi connectivity index (χ0n) is 9.49. The summed E-state index contributed by atoms with van der Waals surface area (Å²) in [6.45, 7) is 6.79. The second-order valence-corrected chi connectivity index (χ2v) is 4.25. The lowest BCUT2D eigenvalue weighted by atomic mass is 10.0. The number of hydrogen-bond acceptors (Lipinski definition) is 4. The van der Waals surface area contributed by atoms with Crippen molar-refractivity contribution in [3.63, 3.8) is 0 Å². The smallest absolute Gasteiger partial charge is 0.249 e. The molecule has 5 heteroatoms. The van der Waals surface area contributed by atoms with Gasteiger partial charge in [-0.25, -0.2) is 0 Å². The Morgan fingerprint density at radius 3 is 2.93 bits per heavy atom. The van der Waals surface area contributed by atoms with Crippen LogP contribution < -0.4 is 5.73 Å². The molecule has 0 aromatic rings. The summed E-state index contributed by atoms with van der Waals surface area (Å²) in [7, 11) is 0. The van der Waals surface area contributed by atoms with Crippen molar-refractivity contribution >= 4 is 5.91 Å². The molecule has 0 radical (unpaired) electrons. The molecule has 0 saturated carbocycles. The molecular weight excluding hydrogens is 196 g/mol. The van der Waals surface area contributed by atoms with Gasteiger partial charge in [-0.05, 0) is 13.8 Å². The number of nitrogens with zero attached hydrogens (tertiary/aromatic N) is 1. The lowest BCUT2D eigenvalue weighted by Crippen LogP contribution is -2.56. The Morgan fingerprint density at radius 2 is 2.33 bits per heavy atom. The van der Waals surface area contributed by atoms with E-state index in [1.165, 1.54) is 0 Å². The predicted molar refractivity (Wildman–Crippen MR) is 56.5 cm³/mol. The van der Waals surface area contributed by atoms with Gasteiger partial charge in [0.2, 0.25) is 5.91 Å². The van der Waals surface area contributed by atoms with Crippen molar-refractivity contribution < 1.29 is 14.3 Å². The third-order valence-electron chi connectivity index (χ3n) is 2.43. The summed E-state index contributed by atoms with van der Waals surface area (Å²) in [6, 6.07) is 0. The van der Waals surface area contributed by atoms with Gasteiger partial charge in [-0.2, -0.15) is 0 Å². The molecule has 2 N–H and O–H groups in total. The Balaban J connectivity index is 2.42. The fraction of sp³-hybridized carbons (Fsp3) is 0.900. The second kappa shape index (κ2) is 5.44. The Bertz CT molecular complexity index is 219. The first-order valence-corrected chi connectivity index (χ1v) is 5.24. The van der Waals surface area contributed by atoms with Crippen molar-refractivity contribution in [2.75, 3.05) is 39.5 Å². The van der Waals surface area contributed by atoms with Gasteiger partial charge in [-0.15, -0.1) is 0 Å². The molecule has 1 heterocycles. The van der Waals surface area contributed by atoms with E-state index in [1.54, 1.807) is 0 Å². The number of carbonyl (C=O) groups is 1. The Kier molecular flexibility index (Phi) is 4.50. The van der Waals surface area contributed by atoms with Crippen LogP contribution in [0.25, 0.3) is 0 Å². The molecule has 5 nitrogen and oxygen atoms in total. The van der Waals surface area contributed by atoms with E-state index in [-0.39, 0.29) is 18.1 Å². The van der Waals surface area contributed by atoms with Gasteiger partial charge >= 0.3 is 0 Å². The van der Waals surface area contributed by atoms with Crippen LogP contribution in [0.5, 0.6) is 0 Å². The molecular formula is C10H20N2O3. The van der Waals surface area contributed by atoms with Crippen LogP contribution in [-0.4, -0.2) is 55.9 Å². The lowest BCUT2D eigenvalue weighted by Gasteiger charge is -2.42. The van der Waals surface area contributed by atoms with Crippen LogP contribution in [-0.2, 0) is 14.3 Å². The Hall–Kier alpha value is -0.650. The molecule has 1 aliphatic rings. The Labute approximate surface area is 90.5 Å². The molecule has 0 aromatic heterocycles. The molecule has 1 rings (SSSR count). The van der Waals surface area contributed by atoms with Crippen LogP contribution in [0.2, 0.25) is 0 Å². The van der Waals surface area contributed by atoms with E-state index in [1.807, 2.05) is 18.7 Å². The van der Waals surface area contributed by atoms with Crippen molar-refractivity contribution in [1.29, 1.82) is 0 Å². The van der Waals surface area contributed by atoms with E-state index >= 15 is 0 Å². The largest absolute Gasteiger partial charge is 0.377 e. The summed E-state index contributed by atoms with van der Waals surface area (Å²) in [5.74, 6) is 0.0109. The van der Waals surface area contributed by atoms with E-state index in [0.29, 0.717) is 32.9 Å². The molecule has 1 fully saturated rings. The number of nitrogens with two attached hydrogens (primary N) is 1. The third kappa shape index (κ3) is 3.44. The number of ether oxygens (including phenoxy) is 2. The minimum absolute atomic E-state index is 0.0109. The molecule has 0 spiro atoms. The normalized spacial score (nSPS) is 20.3. The highest BCUT2D eigenvalue weighted by molar-refractivity contribution is 5.78. The number of carbonyl (C=O) groups excluding carboxylic acids is 1. The topological polar surface area (TPSA) is 64.8 Å². The number of amides is 1. The number of rotatable bonds is 4. The highest BCUT2D eigenvalue weighted by atomic mass is 16.5. The minimum Gasteiger partial charge on any atom is -0.377 e. The van der Waals surface area contributed by atoms with Gasteiger partial charge in [-0.1, -0.05) is 0 Å². The van der Waals surface area contributed by atoms with Crippen LogP contribution >= 0.6 is 0 Å². The molecule has 0 unspecified atom stereocenters. The van der Waals surface area contributed by atoms with Crippen molar-refractivity contribution in [2.45, 2.75) is 19.4 Å². The zero-order valence-corrected chi connectivity index (χ0v) is 9.49. The number of morpholine rings is 1. The first kappa shape index (κ1) is 12.4. The van der Waals surface area contributed by atoms with Crippen molar-refractivity contribution in [1.82, 2.24) is 4.90 Å². The average Bonchev–Trinajstić information content (AvgIpc) is 2.17. The molecule has 0 aliphatic carbocycles. The van der Waals surface area contributed by atoms with Gasteiger partial charge in [0.05, 0.1) is 25.4 Å². The van der Waals surface area contributed by atoms with Gasteiger partial charge in [0, 0.05) is 13.1 Å². The summed E-state index contributed by atoms with van der Waals surface area (Å²) in [5, 5.41) is 0. The molecule has 0 bridgehead atoms. The van der Waals surface area contributed by atoms with E-state index in [2.05, 4.69) is 0 Å². The van der Waals surface area contributed by atoms with E-state index in [0.717, 1.165) is 0 Å². The minimum atomic E-state index is -0.235. The van der Waals surface area contributed by atoms with Crippen LogP contribution in [0.3, 0.4) is 0 Å². The molecule has 1 saturated heterocycles. The maximum atomic E-state index is 11.8. The van der Waals surface area contributed by atoms with Crippen LogP contribution in [0.4, 0.5) is 0 Å². The molecule has 88 valence electrons. The van der Waals surface area contributed by atoms with Crippen molar-refractivity contribution in [3.05, 3.63) is 0 Å². The fourth-order valence-corrected chi connectivity index (χ4v) is 1.64. The monoisotopic (exact) mass is 216 g/mol.